The summed E-state index contributed by atoms with van der Waals surface area (Å²) >= 11 is 1.06. The Morgan fingerprint density at radius 3 is 1.42 bits per heavy atom. The van der Waals surface area contributed by atoms with E-state index in [1.54, 1.807) is 26.0 Å². The van der Waals surface area contributed by atoms with Crippen LogP contribution in [0, 0.1) is 37.5 Å². The number of fused-ring (bicyclic) bond motifs is 6. The average Bonchev–Trinajstić information content (AvgIpc) is 4.01. The zero-order chi connectivity index (χ0) is 43.4. The van der Waals surface area contributed by atoms with Gasteiger partial charge >= 0.3 is 11.8 Å². The summed E-state index contributed by atoms with van der Waals surface area (Å²) in [5.74, 6) is 3.02. The number of aromatic nitrogens is 6. The molecule has 4 aromatic heterocycles. The van der Waals surface area contributed by atoms with E-state index in [9.17, 15) is 37.4 Å². The third-order valence-corrected chi connectivity index (χ3v) is 10.8. The molecule has 0 unspecified atom stereocenters. The van der Waals surface area contributed by atoms with Gasteiger partial charge in [0.2, 0.25) is 23.0 Å². The molecule has 0 aliphatic carbocycles. The zero-order valence-electron chi connectivity index (χ0n) is 31.4. The van der Waals surface area contributed by atoms with Crippen LogP contribution in [0.25, 0.3) is 22.5 Å². The van der Waals surface area contributed by atoms with Crippen LogP contribution in [0.3, 0.4) is 0 Å². The molecule has 308 valence electrons. The van der Waals surface area contributed by atoms with Crippen LogP contribution in [-0.4, -0.2) is 65.6 Å². The van der Waals surface area contributed by atoms with Crippen molar-refractivity contribution in [3.05, 3.63) is 90.9 Å². The molecule has 0 saturated heterocycles. The van der Waals surface area contributed by atoms with E-state index < -0.39 is 57.8 Å². The minimum absolute atomic E-state index is 0.0712. The molecule has 0 saturated carbocycles. The summed E-state index contributed by atoms with van der Waals surface area (Å²) < 4.78 is 78.9. The Labute approximate surface area is 343 Å². The number of hydrogen-bond acceptors (Lipinski definition) is 16. The first-order valence-corrected chi connectivity index (χ1v) is 18.8. The number of thiazole rings is 2. The summed E-state index contributed by atoms with van der Waals surface area (Å²) in [6, 6.07) is 9.01. The fourth-order valence-corrected chi connectivity index (χ4v) is 7.28. The van der Waals surface area contributed by atoms with Gasteiger partial charge in [-0.25, -0.2) is 9.97 Å². The fourth-order valence-electron chi connectivity index (χ4n) is 5.50. The van der Waals surface area contributed by atoms with Gasteiger partial charge in [-0.3, -0.25) is 9.59 Å². The monoisotopic (exact) mass is 864 g/mol. The molecule has 2 aliphatic heterocycles. The van der Waals surface area contributed by atoms with Crippen LogP contribution in [-0.2, 0) is 23.0 Å². The predicted octanol–water partition coefficient (Wildman–Crippen LogP) is 4.69. The van der Waals surface area contributed by atoms with Crippen molar-refractivity contribution in [1.29, 1.82) is 0 Å². The van der Waals surface area contributed by atoms with Gasteiger partial charge in [-0.05, 0) is 50.2 Å². The Balaban J connectivity index is 0.000000181. The normalized spacial score (nSPS) is 16.2. The van der Waals surface area contributed by atoms with Crippen LogP contribution in [0.1, 0.15) is 77.9 Å². The largest absolute Gasteiger partial charge is 0.486 e. The molecule has 22 heteroatoms. The van der Waals surface area contributed by atoms with Crippen LogP contribution in [0.2, 0.25) is 0 Å². The quantitative estimate of drug-likeness (QED) is 0.139. The maximum Gasteiger partial charge on any atom is 0.317 e. The SMILES string of the molecule is Cc1nnc([C@@](C)(O)C#Cc2ccc3c(c2)-c2nc(C(N)=O)sc2C(F)(F)CO3)o1.Cc1nnc([C@](C)(O)C#Cc2ccc3c(c2)-c2nc(C(N)=O)sc2C(F)(F)CO3)o1. The maximum absolute atomic E-state index is 14.5. The van der Waals surface area contributed by atoms with Crippen LogP contribution >= 0.6 is 22.7 Å². The van der Waals surface area contributed by atoms with Crippen LogP contribution < -0.4 is 20.9 Å². The smallest absolute Gasteiger partial charge is 0.317 e. The Kier molecular flexibility index (Phi) is 10.5. The van der Waals surface area contributed by atoms with E-state index >= 15 is 0 Å². The molecule has 0 spiro atoms. The Bertz CT molecular complexity index is 2640. The Morgan fingerprint density at radius 2 is 1.08 bits per heavy atom. The van der Waals surface area contributed by atoms with Crippen molar-refractivity contribution in [3.8, 4) is 57.7 Å². The molecule has 8 rings (SSSR count). The van der Waals surface area contributed by atoms with Crippen LogP contribution in [0.4, 0.5) is 17.6 Å². The molecule has 2 aromatic carbocycles. The first-order chi connectivity index (χ1) is 28.1. The molecule has 6 N–H and O–H groups in total. The minimum Gasteiger partial charge on any atom is -0.486 e. The highest BCUT2D eigenvalue weighted by Crippen LogP contribution is 2.47. The molecule has 2 atom stereocenters. The number of ether oxygens (including phenoxy) is 2. The Morgan fingerprint density at radius 1 is 0.700 bits per heavy atom. The second-order valence-corrected chi connectivity index (χ2v) is 15.4. The molecule has 2 amide bonds. The van der Waals surface area contributed by atoms with Gasteiger partial charge in [-0.15, -0.1) is 43.1 Å². The molecule has 0 bridgehead atoms. The van der Waals surface area contributed by atoms with Gasteiger partial charge in [0.1, 0.15) is 21.3 Å². The lowest BCUT2D eigenvalue weighted by Gasteiger charge is -2.12. The summed E-state index contributed by atoms with van der Waals surface area (Å²) in [6.07, 6.45) is 0. The second kappa shape index (κ2) is 15.1. The number of carbonyl (C=O) groups is 2. The standard InChI is InChI=1S/2C19H14F2N4O4S/c2*1-9-24-25-17(29-9)18(2,27)6-5-10-3-4-12-11(7-10)13-14(19(20,21)8-28-12)30-16(23-13)15(22)26/h2*3-4,7,27H,8H2,1-2H3,(H2,22,26)/t2*18-/m10/s1. The molecule has 6 heterocycles. The molecule has 0 fully saturated rings. The lowest BCUT2D eigenvalue weighted by Crippen LogP contribution is -2.21. The van der Waals surface area contributed by atoms with E-state index in [2.05, 4.69) is 54.0 Å². The third kappa shape index (κ3) is 8.26. The summed E-state index contributed by atoms with van der Waals surface area (Å²) in [5.41, 5.74) is 8.08. The van der Waals surface area contributed by atoms with Crippen LogP contribution in [0.15, 0.2) is 45.2 Å². The Hall–Kier alpha value is -6.72. The lowest BCUT2D eigenvalue weighted by molar-refractivity contribution is -0.0415. The predicted molar refractivity (Wildman–Crippen MR) is 202 cm³/mol. The van der Waals surface area contributed by atoms with Gasteiger partial charge in [0.15, 0.2) is 23.2 Å². The first-order valence-electron chi connectivity index (χ1n) is 17.2. The van der Waals surface area contributed by atoms with Crippen molar-refractivity contribution < 1.29 is 55.7 Å². The van der Waals surface area contributed by atoms with Gasteiger partial charge in [0, 0.05) is 36.1 Å². The average molecular weight is 865 g/mol. The first kappa shape index (κ1) is 41.4. The maximum atomic E-state index is 14.5. The number of hydrogen-bond donors (Lipinski definition) is 4. The van der Waals surface area contributed by atoms with Gasteiger partial charge < -0.3 is 40.0 Å². The van der Waals surface area contributed by atoms with E-state index in [4.69, 9.17) is 29.8 Å². The van der Waals surface area contributed by atoms with E-state index in [0.29, 0.717) is 33.8 Å². The highest BCUT2D eigenvalue weighted by molar-refractivity contribution is 7.14. The molecule has 60 heavy (non-hydrogen) atoms. The lowest BCUT2D eigenvalue weighted by atomic mass is 10.0. The van der Waals surface area contributed by atoms with Crippen LogP contribution in [0.5, 0.6) is 11.5 Å². The molecule has 0 radical (unpaired) electrons. The van der Waals surface area contributed by atoms with Gasteiger partial charge in [0.05, 0.1) is 11.4 Å². The zero-order valence-corrected chi connectivity index (χ0v) is 33.0. The molecular weight excluding hydrogens is 837 g/mol. The third-order valence-electron chi connectivity index (χ3n) is 8.41. The number of carbonyl (C=O) groups excluding carboxylic acids is 2. The molecule has 16 nitrogen and oxygen atoms in total. The van der Waals surface area contributed by atoms with E-state index in [0.717, 1.165) is 0 Å². The number of nitrogens with zero attached hydrogens (tertiary/aromatic N) is 6. The number of aryl methyl sites for hydroxylation is 2. The molecule has 2 aliphatic rings. The van der Waals surface area contributed by atoms with Crippen molar-refractivity contribution in [2.24, 2.45) is 11.5 Å². The van der Waals surface area contributed by atoms with Crippen molar-refractivity contribution in [2.75, 3.05) is 13.2 Å². The van der Waals surface area contributed by atoms with Gasteiger partial charge in [-0.1, -0.05) is 23.7 Å². The molecule has 6 aromatic rings. The number of alkyl halides is 4. The summed E-state index contributed by atoms with van der Waals surface area (Å²) in [7, 11) is 0. The highest BCUT2D eigenvalue weighted by atomic mass is 32.1. The number of nitrogens with two attached hydrogens (primary N) is 2. The number of halogens is 4. The summed E-state index contributed by atoms with van der Waals surface area (Å²) in [5, 5.41) is 35.3. The number of aliphatic hydroxyl groups is 2. The van der Waals surface area contributed by atoms with Crippen molar-refractivity contribution in [3.63, 3.8) is 0 Å². The molecular formula is C38H28F4N8O8S2. The number of amides is 2. The second-order valence-electron chi connectivity index (χ2n) is 13.4. The van der Waals surface area contributed by atoms with Crippen molar-refractivity contribution in [2.45, 2.75) is 50.7 Å². The summed E-state index contributed by atoms with van der Waals surface area (Å²) in [4.78, 5) is 30.1. The highest BCUT2D eigenvalue weighted by Gasteiger charge is 2.43. The fraction of sp³-hybridized carbons (Fsp3) is 0.263. The van der Waals surface area contributed by atoms with Crippen molar-refractivity contribution in [1.82, 2.24) is 30.4 Å². The number of rotatable bonds is 4. The number of primary amides is 2. The van der Waals surface area contributed by atoms with Gasteiger partial charge in [-0.2, -0.15) is 17.6 Å². The van der Waals surface area contributed by atoms with Gasteiger partial charge in [0.25, 0.3) is 23.6 Å². The summed E-state index contributed by atoms with van der Waals surface area (Å²) in [6.45, 7) is 4.13. The van der Waals surface area contributed by atoms with Crippen molar-refractivity contribution >= 4 is 34.5 Å². The topological polar surface area (TPSA) is 249 Å². The van der Waals surface area contributed by atoms with E-state index in [1.165, 1.54) is 38.1 Å². The van der Waals surface area contributed by atoms with E-state index in [1.807, 2.05) is 0 Å². The minimum atomic E-state index is -3.34. The number of benzene rings is 2. The van der Waals surface area contributed by atoms with E-state index in [-0.39, 0.29) is 67.6 Å².